The molecule has 1 aliphatic carbocycles. The average molecular weight is 264 g/mol. The van der Waals surface area contributed by atoms with Gasteiger partial charge in [0.05, 0.1) is 0 Å². The van der Waals surface area contributed by atoms with Crippen molar-refractivity contribution in [1.82, 2.24) is 0 Å². The maximum absolute atomic E-state index is 12.4. The summed E-state index contributed by atoms with van der Waals surface area (Å²) in [6.07, 6.45) is 2.65. The smallest absolute Gasteiger partial charge is 0.136 e. The van der Waals surface area contributed by atoms with Gasteiger partial charge in [0.1, 0.15) is 5.78 Å². The molecule has 2 aromatic carbocycles. The lowest BCUT2D eigenvalue weighted by atomic mass is 9.63. The first kappa shape index (κ1) is 13.1. The lowest BCUT2D eigenvalue weighted by Crippen LogP contribution is -2.37. The Kier molecular flexibility index (Phi) is 3.43. The monoisotopic (exact) mass is 264 g/mol. The van der Waals surface area contributed by atoms with E-state index >= 15 is 0 Å². The summed E-state index contributed by atoms with van der Waals surface area (Å²) in [7, 11) is 0. The van der Waals surface area contributed by atoms with Gasteiger partial charge in [-0.05, 0) is 24.0 Å². The number of carbonyl (C=O) groups excluding carboxylic acids is 1. The van der Waals surface area contributed by atoms with Crippen molar-refractivity contribution in [3.8, 4) is 0 Å². The maximum Gasteiger partial charge on any atom is 0.136 e. The molecule has 0 heterocycles. The summed E-state index contributed by atoms with van der Waals surface area (Å²) in [6.45, 7) is 2.06. The second kappa shape index (κ2) is 5.24. The first-order valence-electron chi connectivity index (χ1n) is 7.36. The van der Waals surface area contributed by atoms with Crippen molar-refractivity contribution >= 4 is 5.78 Å². The molecule has 0 bridgehead atoms. The minimum atomic E-state index is -0.133. The highest BCUT2D eigenvalue weighted by Gasteiger charge is 2.41. The molecule has 2 aromatic rings. The van der Waals surface area contributed by atoms with E-state index in [-0.39, 0.29) is 11.3 Å². The summed E-state index contributed by atoms with van der Waals surface area (Å²) < 4.78 is 0. The molecule has 1 unspecified atom stereocenters. The van der Waals surface area contributed by atoms with Crippen LogP contribution >= 0.6 is 0 Å². The van der Waals surface area contributed by atoms with Crippen molar-refractivity contribution in [2.24, 2.45) is 5.92 Å². The van der Waals surface area contributed by atoms with Crippen molar-refractivity contribution < 1.29 is 4.79 Å². The summed E-state index contributed by atoms with van der Waals surface area (Å²) >= 11 is 0. The van der Waals surface area contributed by atoms with Gasteiger partial charge in [-0.15, -0.1) is 0 Å². The number of ketones is 1. The molecule has 20 heavy (non-hydrogen) atoms. The highest BCUT2D eigenvalue weighted by atomic mass is 16.1. The largest absolute Gasteiger partial charge is 0.299 e. The molecule has 1 fully saturated rings. The van der Waals surface area contributed by atoms with Gasteiger partial charge in [0, 0.05) is 17.8 Å². The molecule has 0 aliphatic heterocycles. The number of carbonyl (C=O) groups is 1. The molecule has 1 aliphatic rings. The van der Waals surface area contributed by atoms with Gasteiger partial charge in [0.2, 0.25) is 0 Å². The number of Topliss-reactive ketones (excluding diaryl/α,β-unsaturated/α-hetero) is 1. The Balaban J connectivity index is 2.11. The molecule has 0 spiro atoms. The number of hydrogen-bond donors (Lipinski definition) is 0. The molecule has 1 heteroatoms. The van der Waals surface area contributed by atoms with Gasteiger partial charge >= 0.3 is 0 Å². The highest BCUT2D eigenvalue weighted by Crippen LogP contribution is 2.44. The predicted octanol–water partition coefficient (Wildman–Crippen LogP) is 4.36. The number of rotatable bonds is 2. The molecule has 0 saturated heterocycles. The number of benzene rings is 2. The second-order valence-corrected chi connectivity index (χ2v) is 5.90. The van der Waals surface area contributed by atoms with E-state index in [4.69, 9.17) is 0 Å². The third-order valence-corrected chi connectivity index (χ3v) is 4.68. The van der Waals surface area contributed by atoms with E-state index < -0.39 is 0 Å². The van der Waals surface area contributed by atoms with Crippen molar-refractivity contribution in [3.05, 3.63) is 71.8 Å². The molecular weight excluding hydrogens is 244 g/mol. The van der Waals surface area contributed by atoms with Gasteiger partial charge in [0.15, 0.2) is 0 Å². The van der Waals surface area contributed by atoms with Crippen LogP contribution in [0.1, 0.15) is 37.3 Å². The Morgan fingerprint density at radius 3 is 1.85 bits per heavy atom. The fraction of sp³-hybridized carbons (Fsp3) is 0.316. The van der Waals surface area contributed by atoms with Crippen molar-refractivity contribution in [2.45, 2.75) is 31.6 Å². The molecule has 102 valence electrons. The van der Waals surface area contributed by atoms with E-state index in [1.807, 2.05) is 12.1 Å². The van der Waals surface area contributed by atoms with Crippen LogP contribution in [0.25, 0.3) is 0 Å². The summed E-state index contributed by atoms with van der Waals surface area (Å²) in [5.74, 6) is 0.597. The van der Waals surface area contributed by atoms with Gasteiger partial charge in [0.25, 0.3) is 0 Å². The van der Waals surface area contributed by atoms with Crippen LogP contribution in [0.3, 0.4) is 0 Å². The molecule has 0 aromatic heterocycles. The van der Waals surface area contributed by atoms with Gasteiger partial charge in [-0.25, -0.2) is 0 Å². The van der Waals surface area contributed by atoms with Crippen LogP contribution in [0.15, 0.2) is 60.7 Å². The van der Waals surface area contributed by atoms with Crippen LogP contribution in [0, 0.1) is 5.92 Å². The van der Waals surface area contributed by atoms with Gasteiger partial charge in [-0.2, -0.15) is 0 Å². The molecule has 3 rings (SSSR count). The van der Waals surface area contributed by atoms with Gasteiger partial charge in [-0.1, -0.05) is 67.6 Å². The zero-order valence-corrected chi connectivity index (χ0v) is 11.9. The predicted molar refractivity (Wildman–Crippen MR) is 81.7 cm³/mol. The highest BCUT2D eigenvalue weighted by molar-refractivity contribution is 5.84. The lowest BCUT2D eigenvalue weighted by molar-refractivity contribution is -0.125. The zero-order chi connectivity index (χ0) is 14.0. The van der Waals surface area contributed by atoms with Crippen molar-refractivity contribution in [1.29, 1.82) is 0 Å². The first-order chi connectivity index (χ1) is 9.72. The van der Waals surface area contributed by atoms with E-state index in [0.29, 0.717) is 12.2 Å². The van der Waals surface area contributed by atoms with Crippen LogP contribution in [0.2, 0.25) is 0 Å². The molecule has 0 N–H and O–H groups in total. The van der Waals surface area contributed by atoms with Gasteiger partial charge in [-0.3, -0.25) is 4.79 Å². The fourth-order valence-corrected chi connectivity index (χ4v) is 3.36. The Morgan fingerprint density at radius 2 is 1.40 bits per heavy atom. The zero-order valence-electron chi connectivity index (χ0n) is 11.9. The lowest BCUT2D eigenvalue weighted by Gasteiger charge is -2.39. The molecule has 0 radical (unpaired) electrons. The van der Waals surface area contributed by atoms with Crippen molar-refractivity contribution in [3.63, 3.8) is 0 Å². The minimum Gasteiger partial charge on any atom is -0.299 e. The number of hydrogen-bond acceptors (Lipinski definition) is 1. The maximum atomic E-state index is 12.4. The Bertz CT molecular complexity index is 546. The second-order valence-electron chi connectivity index (χ2n) is 5.90. The molecule has 1 saturated carbocycles. The van der Waals surface area contributed by atoms with E-state index in [0.717, 1.165) is 12.8 Å². The van der Waals surface area contributed by atoms with E-state index in [1.54, 1.807) is 0 Å². The third kappa shape index (κ3) is 2.18. The van der Waals surface area contributed by atoms with Crippen LogP contribution in [-0.4, -0.2) is 5.78 Å². The molecule has 1 nitrogen and oxygen atoms in total. The summed E-state index contributed by atoms with van der Waals surface area (Å²) in [6, 6.07) is 21.0. The first-order valence-corrected chi connectivity index (χ1v) is 7.36. The van der Waals surface area contributed by atoms with E-state index in [9.17, 15) is 4.79 Å². The van der Waals surface area contributed by atoms with Crippen molar-refractivity contribution in [2.75, 3.05) is 0 Å². The minimum absolute atomic E-state index is 0.133. The van der Waals surface area contributed by atoms with Crippen LogP contribution in [0.5, 0.6) is 0 Å². The molecule has 1 atom stereocenters. The SMILES string of the molecule is CC1CCC(c2ccccc2)(c2ccccc2)CC1=O. The normalized spacial score (nSPS) is 21.6. The Hall–Kier alpha value is -1.89. The fourth-order valence-electron chi connectivity index (χ4n) is 3.36. The van der Waals surface area contributed by atoms with Gasteiger partial charge < -0.3 is 0 Å². The molecule has 0 amide bonds. The quantitative estimate of drug-likeness (QED) is 0.787. The summed E-state index contributed by atoms with van der Waals surface area (Å²) in [5.41, 5.74) is 2.41. The average Bonchev–Trinajstić information content (AvgIpc) is 2.52. The topological polar surface area (TPSA) is 17.1 Å². The molecular formula is C19H20O. The van der Waals surface area contributed by atoms with Crippen LogP contribution in [0.4, 0.5) is 0 Å². The third-order valence-electron chi connectivity index (χ3n) is 4.68. The summed E-state index contributed by atoms with van der Waals surface area (Å²) in [4.78, 5) is 12.4. The van der Waals surface area contributed by atoms with E-state index in [1.165, 1.54) is 11.1 Å². The van der Waals surface area contributed by atoms with Crippen LogP contribution < -0.4 is 0 Å². The standard InChI is InChI=1S/C19H20O/c1-15-12-13-19(14-18(15)20,16-8-4-2-5-9-16)17-10-6-3-7-11-17/h2-11,15H,12-14H2,1H3. The Morgan fingerprint density at radius 1 is 0.900 bits per heavy atom. The van der Waals surface area contributed by atoms with Crippen LogP contribution in [-0.2, 0) is 10.2 Å². The van der Waals surface area contributed by atoms with E-state index in [2.05, 4.69) is 55.5 Å². The Labute approximate surface area is 120 Å². The summed E-state index contributed by atoms with van der Waals surface area (Å²) in [5, 5.41) is 0.